The van der Waals surface area contributed by atoms with E-state index in [1.54, 1.807) is 0 Å². The molecule has 0 fully saturated rings. The molecule has 5 heteroatoms. The van der Waals surface area contributed by atoms with Gasteiger partial charge in [0.2, 0.25) is 0 Å². The molecule has 0 heterocycles. The van der Waals surface area contributed by atoms with E-state index < -0.39 is 11.0 Å². The van der Waals surface area contributed by atoms with Crippen LogP contribution in [0.15, 0.2) is 48.5 Å². The molecule has 2 rings (SSSR count). The van der Waals surface area contributed by atoms with Gasteiger partial charge in [-0.15, -0.1) is 0 Å². The summed E-state index contributed by atoms with van der Waals surface area (Å²) in [5, 5.41) is 0.667. The number of nitrogens with one attached hydrogen (secondary N) is 1. The highest BCUT2D eigenvalue weighted by atomic mass is 35.5. The molecule has 0 spiro atoms. The Bertz CT molecular complexity index is 711. The van der Waals surface area contributed by atoms with Gasteiger partial charge in [-0.1, -0.05) is 41.9 Å². The first-order valence-electron chi connectivity index (χ1n) is 7.90. The summed E-state index contributed by atoms with van der Waals surface area (Å²) in [7, 11) is 2.78. The van der Waals surface area contributed by atoms with Crippen LogP contribution in [-0.2, 0) is 11.0 Å². The van der Waals surface area contributed by atoms with Crippen molar-refractivity contribution in [2.45, 2.75) is 31.6 Å². The van der Waals surface area contributed by atoms with Gasteiger partial charge in [0.05, 0.1) is 21.8 Å². The Morgan fingerprint density at radius 1 is 1.08 bits per heavy atom. The third kappa shape index (κ3) is 4.59. The van der Waals surface area contributed by atoms with Crippen LogP contribution >= 0.6 is 11.6 Å². The molecule has 130 valence electrons. The lowest BCUT2D eigenvalue weighted by Crippen LogP contribution is -2.36. The van der Waals surface area contributed by atoms with Crippen LogP contribution in [-0.4, -0.2) is 23.1 Å². The number of anilines is 1. The lowest BCUT2D eigenvalue weighted by Gasteiger charge is -2.28. The summed E-state index contributed by atoms with van der Waals surface area (Å²) in [4.78, 5) is 2.04. The van der Waals surface area contributed by atoms with Crippen LogP contribution in [0.1, 0.15) is 37.9 Å². The fourth-order valence-corrected chi connectivity index (χ4v) is 3.42. The van der Waals surface area contributed by atoms with Gasteiger partial charge < -0.3 is 4.90 Å². The van der Waals surface area contributed by atoms with E-state index in [4.69, 9.17) is 11.6 Å². The Hall–Kier alpha value is -1.36. The third-order valence-corrected chi connectivity index (χ3v) is 5.49. The van der Waals surface area contributed by atoms with Gasteiger partial charge in [-0.2, -0.15) is 0 Å². The van der Waals surface area contributed by atoms with Crippen molar-refractivity contribution in [1.29, 1.82) is 0 Å². The molecule has 0 aromatic heterocycles. The molecule has 0 saturated heterocycles. The largest absolute Gasteiger partial charge is 0.377 e. The average molecular weight is 365 g/mol. The Morgan fingerprint density at radius 2 is 1.71 bits per heavy atom. The van der Waals surface area contributed by atoms with Crippen molar-refractivity contribution in [3.8, 4) is 0 Å². The van der Waals surface area contributed by atoms with Gasteiger partial charge in [0.15, 0.2) is 0 Å². The minimum Gasteiger partial charge on any atom is -0.377 e. The maximum absolute atomic E-state index is 12.7. The minimum absolute atomic E-state index is 0.206. The van der Waals surface area contributed by atoms with E-state index in [1.165, 1.54) is 0 Å². The molecule has 1 N–H and O–H groups in total. The van der Waals surface area contributed by atoms with E-state index in [0.717, 1.165) is 16.8 Å². The number of hydrogen-bond acceptors (Lipinski definition) is 2. The first-order valence-corrected chi connectivity index (χ1v) is 9.42. The van der Waals surface area contributed by atoms with Gasteiger partial charge >= 0.3 is 0 Å². The molecule has 0 aliphatic carbocycles. The number of rotatable bonds is 5. The van der Waals surface area contributed by atoms with Crippen LogP contribution in [0.4, 0.5) is 5.69 Å². The summed E-state index contributed by atoms with van der Waals surface area (Å²) in [6.07, 6.45) is 0. The maximum Gasteiger partial charge on any atom is 0.0979 e. The molecule has 0 radical (unpaired) electrons. The van der Waals surface area contributed by atoms with Crippen molar-refractivity contribution in [1.82, 2.24) is 4.72 Å². The molecule has 2 aromatic carbocycles. The SMILES string of the molecule is CN(C)c1ccc(Cl)cc1[C@@H](N[S@](=O)C(C)(C)C)c1ccccc1. The molecule has 0 unspecified atom stereocenters. The Morgan fingerprint density at radius 3 is 2.25 bits per heavy atom. The molecule has 2 aromatic rings. The van der Waals surface area contributed by atoms with Gasteiger partial charge in [0, 0.05) is 24.8 Å². The molecule has 24 heavy (non-hydrogen) atoms. The number of nitrogens with zero attached hydrogens (tertiary/aromatic N) is 1. The van der Waals surface area contributed by atoms with Crippen LogP contribution in [0, 0.1) is 0 Å². The molecule has 0 amide bonds. The van der Waals surface area contributed by atoms with Crippen LogP contribution in [0.25, 0.3) is 0 Å². The van der Waals surface area contributed by atoms with E-state index in [9.17, 15) is 4.21 Å². The van der Waals surface area contributed by atoms with Gasteiger partial charge in [-0.25, -0.2) is 8.93 Å². The van der Waals surface area contributed by atoms with Gasteiger partial charge in [-0.3, -0.25) is 0 Å². The molecule has 0 bridgehead atoms. The highest BCUT2D eigenvalue weighted by Gasteiger charge is 2.26. The number of benzene rings is 2. The zero-order valence-corrected chi connectivity index (χ0v) is 16.4. The zero-order chi connectivity index (χ0) is 17.9. The quantitative estimate of drug-likeness (QED) is 0.844. The average Bonchev–Trinajstić information content (AvgIpc) is 2.51. The van der Waals surface area contributed by atoms with Crippen molar-refractivity contribution in [2.75, 3.05) is 19.0 Å². The fourth-order valence-electron chi connectivity index (χ4n) is 2.40. The summed E-state index contributed by atoms with van der Waals surface area (Å²) in [5.41, 5.74) is 3.11. The van der Waals surface area contributed by atoms with Crippen LogP contribution < -0.4 is 9.62 Å². The maximum atomic E-state index is 12.7. The highest BCUT2D eigenvalue weighted by molar-refractivity contribution is 7.84. The molecule has 3 nitrogen and oxygen atoms in total. The van der Waals surface area contributed by atoms with Gasteiger partial charge in [0.1, 0.15) is 0 Å². The molecule has 0 saturated carbocycles. The zero-order valence-electron chi connectivity index (χ0n) is 14.8. The second-order valence-corrected chi connectivity index (χ2v) is 9.37. The van der Waals surface area contributed by atoms with E-state index >= 15 is 0 Å². The molecule has 0 aliphatic heterocycles. The van der Waals surface area contributed by atoms with Crippen molar-refractivity contribution in [3.05, 3.63) is 64.7 Å². The minimum atomic E-state index is -1.21. The first-order chi connectivity index (χ1) is 11.2. The van der Waals surface area contributed by atoms with Gasteiger partial charge in [-0.05, 0) is 50.1 Å². The normalized spacial score (nSPS) is 14.2. The van der Waals surface area contributed by atoms with Crippen molar-refractivity contribution >= 4 is 28.3 Å². The predicted molar refractivity (Wildman–Crippen MR) is 105 cm³/mol. The molecule has 2 atom stereocenters. The predicted octanol–water partition coefficient (Wildman–Crippen LogP) is 4.55. The molecule has 0 aliphatic rings. The Kier molecular flexibility index (Phi) is 6.07. The number of halogens is 1. The third-order valence-electron chi connectivity index (χ3n) is 3.70. The smallest absolute Gasteiger partial charge is 0.0979 e. The summed E-state index contributed by atoms with van der Waals surface area (Å²) < 4.78 is 15.7. The van der Waals surface area contributed by atoms with E-state index in [1.807, 2.05) is 88.3 Å². The van der Waals surface area contributed by atoms with Crippen LogP contribution in [0.5, 0.6) is 0 Å². The van der Waals surface area contributed by atoms with Crippen molar-refractivity contribution in [2.24, 2.45) is 0 Å². The lowest BCUT2D eigenvalue weighted by molar-refractivity contribution is 0.623. The van der Waals surface area contributed by atoms with E-state index in [2.05, 4.69) is 4.72 Å². The standard InChI is InChI=1S/C19H25ClN2OS/c1-19(2,3)24(23)21-18(14-9-7-6-8-10-14)16-13-15(20)11-12-17(16)22(4)5/h6-13,18,21H,1-5H3/t18-,24+/m0/s1. The fraction of sp³-hybridized carbons (Fsp3) is 0.368. The summed E-state index contributed by atoms with van der Waals surface area (Å²) in [6, 6.07) is 15.7. The van der Waals surface area contributed by atoms with Crippen LogP contribution in [0.2, 0.25) is 5.02 Å². The Balaban J connectivity index is 2.55. The summed E-state index contributed by atoms with van der Waals surface area (Å²) >= 11 is 6.26. The van der Waals surface area contributed by atoms with Crippen molar-refractivity contribution in [3.63, 3.8) is 0 Å². The van der Waals surface area contributed by atoms with Crippen LogP contribution in [0.3, 0.4) is 0 Å². The van der Waals surface area contributed by atoms with E-state index in [-0.39, 0.29) is 10.8 Å². The van der Waals surface area contributed by atoms with Gasteiger partial charge in [0.25, 0.3) is 0 Å². The molecular weight excluding hydrogens is 340 g/mol. The lowest BCUT2D eigenvalue weighted by atomic mass is 9.97. The Labute approximate surface area is 152 Å². The highest BCUT2D eigenvalue weighted by Crippen LogP contribution is 2.33. The van der Waals surface area contributed by atoms with E-state index in [0.29, 0.717) is 5.02 Å². The van der Waals surface area contributed by atoms with Crippen molar-refractivity contribution < 1.29 is 4.21 Å². The number of hydrogen-bond donors (Lipinski definition) is 1. The monoisotopic (exact) mass is 364 g/mol. The second kappa shape index (κ2) is 7.68. The molecular formula is C19H25ClN2OS. The first kappa shape index (κ1) is 19.0. The summed E-state index contributed by atoms with van der Waals surface area (Å²) in [5.74, 6) is 0. The topological polar surface area (TPSA) is 32.3 Å². The summed E-state index contributed by atoms with van der Waals surface area (Å²) in [6.45, 7) is 5.88. The second-order valence-electron chi connectivity index (χ2n) is 6.94.